The summed E-state index contributed by atoms with van der Waals surface area (Å²) < 4.78 is 7.77. The zero-order chi connectivity index (χ0) is 15.3. The van der Waals surface area contributed by atoms with Crippen molar-refractivity contribution in [2.45, 2.75) is 69.4 Å². The van der Waals surface area contributed by atoms with Crippen LogP contribution in [0.4, 0.5) is 5.95 Å². The second kappa shape index (κ2) is 5.11. The van der Waals surface area contributed by atoms with Gasteiger partial charge in [-0.2, -0.15) is 4.98 Å². The predicted octanol–water partition coefficient (Wildman–Crippen LogP) is 4.18. The van der Waals surface area contributed by atoms with E-state index >= 15 is 0 Å². The standard InChI is InChI=1S/C18H24N4O/c1-4-10-18(11-5-1)13-7-2-3-8-14(13)19-17-20-16(21-22(17)18)15-9-6-12-23-15/h6,9,12-14H,1-5,7-8,10-11H2,(H,19,20,21). The molecule has 2 fully saturated rings. The summed E-state index contributed by atoms with van der Waals surface area (Å²) in [6, 6.07) is 4.42. The van der Waals surface area contributed by atoms with Crippen LogP contribution in [0.1, 0.15) is 57.8 Å². The Morgan fingerprint density at radius 3 is 2.83 bits per heavy atom. The number of nitrogens with one attached hydrogen (secondary N) is 1. The first-order chi connectivity index (χ1) is 11.4. The van der Waals surface area contributed by atoms with E-state index in [-0.39, 0.29) is 5.54 Å². The summed E-state index contributed by atoms with van der Waals surface area (Å²) in [5.41, 5.74) is 0.182. The fourth-order valence-corrected chi connectivity index (χ4v) is 5.24. The maximum atomic E-state index is 5.53. The Morgan fingerprint density at radius 1 is 1.13 bits per heavy atom. The zero-order valence-electron chi connectivity index (χ0n) is 13.5. The van der Waals surface area contributed by atoms with Crippen molar-refractivity contribution in [1.82, 2.24) is 14.8 Å². The Balaban J connectivity index is 1.63. The number of anilines is 1. The molecule has 5 rings (SSSR count). The van der Waals surface area contributed by atoms with Crippen molar-refractivity contribution in [1.29, 1.82) is 0 Å². The van der Waals surface area contributed by atoms with Crippen molar-refractivity contribution in [2.75, 3.05) is 5.32 Å². The number of fused-ring (bicyclic) bond motifs is 4. The fourth-order valence-electron chi connectivity index (χ4n) is 5.24. The SMILES string of the molecule is c1coc(-c2nc3n(n2)C2(CCCCC2)C2CCCCC2N3)c1. The first-order valence-corrected chi connectivity index (χ1v) is 9.15. The van der Waals surface area contributed by atoms with E-state index in [0.29, 0.717) is 12.0 Å². The third kappa shape index (κ3) is 1.98. The lowest BCUT2D eigenvalue weighted by molar-refractivity contribution is 0.0455. The van der Waals surface area contributed by atoms with Gasteiger partial charge in [0.2, 0.25) is 11.8 Å². The molecule has 3 heterocycles. The van der Waals surface area contributed by atoms with Gasteiger partial charge in [0, 0.05) is 12.0 Å². The average molecular weight is 312 g/mol. The Bertz CT molecular complexity index is 684. The Kier molecular flexibility index (Phi) is 3.03. The van der Waals surface area contributed by atoms with Gasteiger partial charge in [-0.1, -0.05) is 32.1 Å². The van der Waals surface area contributed by atoms with Gasteiger partial charge >= 0.3 is 0 Å². The van der Waals surface area contributed by atoms with Crippen LogP contribution in [0.15, 0.2) is 22.8 Å². The summed E-state index contributed by atoms with van der Waals surface area (Å²) in [6.07, 6.45) is 13.5. The van der Waals surface area contributed by atoms with Gasteiger partial charge in [-0.25, -0.2) is 4.68 Å². The number of rotatable bonds is 1. The van der Waals surface area contributed by atoms with E-state index in [2.05, 4.69) is 10.00 Å². The van der Waals surface area contributed by atoms with Crippen molar-refractivity contribution in [2.24, 2.45) is 5.92 Å². The van der Waals surface area contributed by atoms with Crippen LogP contribution in [0.3, 0.4) is 0 Å². The van der Waals surface area contributed by atoms with Crippen LogP contribution in [0.2, 0.25) is 0 Å². The van der Waals surface area contributed by atoms with E-state index in [9.17, 15) is 0 Å². The van der Waals surface area contributed by atoms with Gasteiger partial charge in [0.1, 0.15) is 0 Å². The molecule has 2 unspecified atom stereocenters. The number of hydrogen-bond acceptors (Lipinski definition) is 4. The summed E-state index contributed by atoms with van der Waals surface area (Å²) in [7, 11) is 0. The second-order valence-corrected chi connectivity index (χ2v) is 7.45. The third-order valence-corrected chi connectivity index (χ3v) is 6.26. The molecule has 23 heavy (non-hydrogen) atoms. The van der Waals surface area contributed by atoms with E-state index in [1.807, 2.05) is 12.1 Å². The molecule has 0 aromatic carbocycles. The van der Waals surface area contributed by atoms with Crippen molar-refractivity contribution in [3.8, 4) is 11.6 Å². The molecule has 0 saturated heterocycles. The van der Waals surface area contributed by atoms with Crippen molar-refractivity contribution < 1.29 is 4.42 Å². The minimum absolute atomic E-state index is 0.182. The average Bonchev–Trinajstić information content (AvgIpc) is 3.25. The van der Waals surface area contributed by atoms with Gasteiger partial charge in [0.25, 0.3) is 0 Å². The summed E-state index contributed by atoms with van der Waals surface area (Å²) in [4.78, 5) is 4.78. The lowest BCUT2D eigenvalue weighted by Crippen LogP contribution is -2.55. The highest BCUT2D eigenvalue weighted by Gasteiger charge is 2.51. The third-order valence-electron chi connectivity index (χ3n) is 6.26. The van der Waals surface area contributed by atoms with Gasteiger partial charge in [-0.05, 0) is 37.8 Å². The van der Waals surface area contributed by atoms with Crippen LogP contribution < -0.4 is 5.32 Å². The van der Waals surface area contributed by atoms with Crippen molar-refractivity contribution >= 4 is 5.95 Å². The maximum Gasteiger partial charge on any atom is 0.222 e. The first-order valence-electron chi connectivity index (χ1n) is 9.15. The highest BCUT2D eigenvalue weighted by Crippen LogP contribution is 2.51. The van der Waals surface area contributed by atoms with Crippen LogP contribution >= 0.6 is 0 Å². The molecule has 0 amide bonds. The summed E-state index contributed by atoms with van der Waals surface area (Å²) >= 11 is 0. The molecule has 2 atom stereocenters. The van der Waals surface area contributed by atoms with Gasteiger partial charge in [0.05, 0.1) is 11.8 Å². The monoisotopic (exact) mass is 312 g/mol. The molecule has 1 N–H and O–H groups in total. The molecule has 3 aliphatic rings. The summed E-state index contributed by atoms with van der Waals surface area (Å²) in [5, 5.41) is 8.61. The molecular formula is C18H24N4O. The lowest BCUT2D eigenvalue weighted by Gasteiger charge is -2.52. The highest BCUT2D eigenvalue weighted by molar-refractivity contribution is 5.50. The molecule has 0 radical (unpaired) electrons. The van der Waals surface area contributed by atoms with Crippen LogP contribution in [0, 0.1) is 5.92 Å². The Hall–Kier alpha value is -1.78. The maximum absolute atomic E-state index is 5.53. The van der Waals surface area contributed by atoms with E-state index in [1.165, 1.54) is 57.8 Å². The minimum Gasteiger partial charge on any atom is -0.461 e. The molecule has 122 valence electrons. The quantitative estimate of drug-likeness (QED) is 0.858. The fraction of sp³-hybridized carbons (Fsp3) is 0.667. The topological polar surface area (TPSA) is 55.9 Å². The molecule has 2 aromatic heterocycles. The first kappa shape index (κ1) is 13.6. The van der Waals surface area contributed by atoms with Gasteiger partial charge < -0.3 is 9.73 Å². The molecule has 2 aliphatic carbocycles. The minimum atomic E-state index is 0.182. The van der Waals surface area contributed by atoms with E-state index in [4.69, 9.17) is 14.5 Å². The van der Waals surface area contributed by atoms with Crippen LogP contribution in [0.25, 0.3) is 11.6 Å². The number of hydrogen-bond donors (Lipinski definition) is 1. The molecule has 1 spiro atoms. The summed E-state index contributed by atoms with van der Waals surface area (Å²) in [6.45, 7) is 0. The molecular weight excluding hydrogens is 288 g/mol. The Morgan fingerprint density at radius 2 is 2.00 bits per heavy atom. The number of nitrogens with zero attached hydrogens (tertiary/aromatic N) is 3. The predicted molar refractivity (Wildman–Crippen MR) is 88.2 cm³/mol. The molecule has 1 aliphatic heterocycles. The van der Waals surface area contributed by atoms with Crippen LogP contribution in [0.5, 0.6) is 0 Å². The number of furan rings is 1. The lowest BCUT2D eigenvalue weighted by atomic mass is 9.64. The van der Waals surface area contributed by atoms with Gasteiger partial charge in [-0.3, -0.25) is 0 Å². The van der Waals surface area contributed by atoms with Gasteiger partial charge in [-0.15, -0.1) is 5.10 Å². The van der Waals surface area contributed by atoms with Crippen LogP contribution in [-0.4, -0.2) is 20.8 Å². The molecule has 2 saturated carbocycles. The molecule has 5 heteroatoms. The van der Waals surface area contributed by atoms with E-state index < -0.39 is 0 Å². The Labute approximate surface area is 136 Å². The van der Waals surface area contributed by atoms with E-state index in [1.54, 1.807) is 6.26 Å². The van der Waals surface area contributed by atoms with Crippen molar-refractivity contribution in [3.05, 3.63) is 18.4 Å². The zero-order valence-corrected chi connectivity index (χ0v) is 13.5. The molecule has 2 aromatic rings. The summed E-state index contributed by atoms with van der Waals surface area (Å²) in [5.74, 6) is 3.15. The highest BCUT2D eigenvalue weighted by atomic mass is 16.3. The van der Waals surface area contributed by atoms with Crippen LogP contribution in [-0.2, 0) is 5.54 Å². The second-order valence-electron chi connectivity index (χ2n) is 7.45. The smallest absolute Gasteiger partial charge is 0.222 e. The van der Waals surface area contributed by atoms with Gasteiger partial charge in [0.15, 0.2) is 5.76 Å². The van der Waals surface area contributed by atoms with Crippen molar-refractivity contribution in [3.63, 3.8) is 0 Å². The molecule has 5 nitrogen and oxygen atoms in total. The molecule has 0 bridgehead atoms. The number of aromatic nitrogens is 3. The van der Waals surface area contributed by atoms with E-state index in [0.717, 1.165) is 17.5 Å². The normalized spacial score (nSPS) is 28.9. The largest absolute Gasteiger partial charge is 0.461 e.